The number of carboxylic acid groups (broad SMARTS) is 1. The maximum Gasteiger partial charge on any atom is 0.322 e. The lowest BCUT2D eigenvalue weighted by Gasteiger charge is -2.25. The van der Waals surface area contributed by atoms with Gasteiger partial charge in [0.05, 0.1) is 29.3 Å². The molecule has 2 saturated carbocycles. The Morgan fingerprint density at radius 3 is 1.81 bits per heavy atom. The largest absolute Gasteiger partial charge is 0.480 e. The van der Waals surface area contributed by atoms with Gasteiger partial charge in [-0.25, -0.2) is 9.97 Å². The van der Waals surface area contributed by atoms with Gasteiger partial charge in [0.1, 0.15) is 17.6 Å². The first-order valence-corrected chi connectivity index (χ1v) is 11.5. The predicted octanol–water partition coefficient (Wildman–Crippen LogP) is 4.21. The molecule has 1 aromatic carbocycles. The minimum Gasteiger partial charge on any atom is -0.480 e. The van der Waals surface area contributed by atoms with E-state index >= 15 is 0 Å². The van der Waals surface area contributed by atoms with Crippen molar-refractivity contribution < 1.29 is 14.7 Å². The van der Waals surface area contributed by atoms with Crippen LogP contribution in [0.1, 0.15) is 86.6 Å². The molecule has 0 aliphatic heterocycles. The first-order chi connectivity index (χ1) is 15.1. The van der Waals surface area contributed by atoms with Crippen LogP contribution in [0.2, 0.25) is 0 Å². The molecule has 0 bridgehead atoms. The molecule has 2 aromatic heterocycles. The Morgan fingerprint density at radius 2 is 1.35 bits per heavy atom. The molecule has 3 aromatic rings. The second-order valence-corrected chi connectivity index (χ2v) is 8.95. The Bertz CT molecular complexity index is 1050. The Balaban J connectivity index is 1.67. The van der Waals surface area contributed by atoms with Gasteiger partial charge in [0.25, 0.3) is 5.91 Å². The van der Waals surface area contributed by atoms with Crippen molar-refractivity contribution in [2.75, 3.05) is 6.54 Å². The number of aromatic nitrogens is 4. The van der Waals surface area contributed by atoms with Crippen LogP contribution in [0.4, 0.5) is 0 Å². The fraction of sp³-hybridized carbons (Fsp3) is 0.565. The Labute approximate surface area is 180 Å². The van der Waals surface area contributed by atoms with Gasteiger partial charge >= 0.3 is 5.97 Å². The highest BCUT2D eigenvalue weighted by Crippen LogP contribution is 2.36. The van der Waals surface area contributed by atoms with Crippen molar-refractivity contribution in [3.63, 3.8) is 0 Å². The third-order valence-corrected chi connectivity index (χ3v) is 6.97. The summed E-state index contributed by atoms with van der Waals surface area (Å²) < 4.78 is 4.44. The molecule has 8 nitrogen and oxygen atoms in total. The van der Waals surface area contributed by atoms with Crippen molar-refractivity contribution >= 4 is 33.9 Å². The monoisotopic (exact) mass is 423 g/mol. The number of hydrogen-bond donors (Lipinski definition) is 2. The van der Waals surface area contributed by atoms with Crippen molar-refractivity contribution in [3.8, 4) is 0 Å². The Morgan fingerprint density at radius 1 is 0.871 bits per heavy atom. The van der Waals surface area contributed by atoms with Crippen LogP contribution in [0.15, 0.2) is 18.7 Å². The molecular weight excluding hydrogens is 394 g/mol. The molecule has 2 N–H and O–H groups in total. The highest BCUT2D eigenvalue weighted by molar-refractivity contribution is 6.15. The summed E-state index contributed by atoms with van der Waals surface area (Å²) >= 11 is 0. The molecule has 0 radical (unpaired) electrons. The number of carbonyl (C=O) groups is 2. The van der Waals surface area contributed by atoms with Gasteiger partial charge in [0, 0.05) is 12.1 Å². The number of rotatable bonds is 5. The predicted molar refractivity (Wildman–Crippen MR) is 117 cm³/mol. The molecule has 2 fully saturated rings. The summed E-state index contributed by atoms with van der Waals surface area (Å²) in [6.07, 6.45) is 15.5. The average Bonchev–Trinajstić information content (AvgIpc) is 3.41. The maximum atomic E-state index is 13.1. The molecule has 2 aliphatic rings. The van der Waals surface area contributed by atoms with E-state index in [4.69, 9.17) is 5.11 Å². The van der Waals surface area contributed by atoms with E-state index in [-0.39, 0.29) is 0 Å². The summed E-state index contributed by atoms with van der Waals surface area (Å²) in [6.45, 7) is -0.427. The fourth-order valence-electron chi connectivity index (χ4n) is 5.41. The second kappa shape index (κ2) is 8.32. The van der Waals surface area contributed by atoms with Crippen LogP contribution >= 0.6 is 0 Å². The van der Waals surface area contributed by atoms with E-state index in [1.165, 1.54) is 38.5 Å². The van der Waals surface area contributed by atoms with Crippen LogP contribution in [-0.2, 0) is 4.79 Å². The SMILES string of the molecule is O=C(O)CNC(=O)c1c2ncn(C3CCCCC3)c2cc2c1ncn2C1CCCCC1. The summed E-state index contributed by atoms with van der Waals surface area (Å²) in [6, 6.07) is 2.91. The van der Waals surface area contributed by atoms with E-state index in [0.29, 0.717) is 28.7 Å². The zero-order valence-electron chi connectivity index (χ0n) is 17.7. The van der Waals surface area contributed by atoms with Crippen LogP contribution < -0.4 is 5.32 Å². The lowest BCUT2D eigenvalue weighted by atomic mass is 9.94. The minimum atomic E-state index is -1.07. The Kier molecular flexibility index (Phi) is 5.38. The number of nitrogens with zero attached hydrogens (tertiary/aromatic N) is 4. The van der Waals surface area contributed by atoms with Crippen molar-refractivity contribution in [3.05, 3.63) is 24.3 Å². The molecule has 0 spiro atoms. The molecule has 1 amide bonds. The number of carbonyl (C=O) groups excluding carboxylic acids is 1. The molecular formula is C23H29N5O3. The van der Waals surface area contributed by atoms with Gasteiger partial charge in [0.2, 0.25) is 0 Å². The molecule has 0 unspecified atom stereocenters. The number of imidazole rings is 2. The zero-order chi connectivity index (χ0) is 21.4. The quantitative estimate of drug-likeness (QED) is 0.640. The number of nitrogens with one attached hydrogen (secondary N) is 1. The summed E-state index contributed by atoms with van der Waals surface area (Å²) in [5, 5.41) is 11.6. The van der Waals surface area contributed by atoms with E-state index in [2.05, 4.69) is 30.5 Å². The summed E-state index contributed by atoms with van der Waals surface area (Å²) in [4.78, 5) is 33.3. The van der Waals surface area contributed by atoms with Crippen LogP contribution in [0.3, 0.4) is 0 Å². The number of aliphatic carboxylic acids is 1. The van der Waals surface area contributed by atoms with Gasteiger partial charge in [-0.3, -0.25) is 9.59 Å². The molecule has 0 saturated heterocycles. The number of benzene rings is 1. The first kappa shape index (κ1) is 20.0. The third-order valence-electron chi connectivity index (χ3n) is 6.97. The van der Waals surface area contributed by atoms with Crippen molar-refractivity contribution in [2.24, 2.45) is 0 Å². The van der Waals surface area contributed by atoms with E-state index in [1.54, 1.807) is 0 Å². The minimum absolute atomic E-state index is 0.386. The number of amides is 1. The van der Waals surface area contributed by atoms with Crippen LogP contribution in [0.5, 0.6) is 0 Å². The van der Waals surface area contributed by atoms with Gasteiger partial charge in [-0.05, 0) is 31.7 Å². The Hall–Kier alpha value is -2.90. The van der Waals surface area contributed by atoms with Gasteiger partial charge in [-0.1, -0.05) is 38.5 Å². The van der Waals surface area contributed by atoms with E-state index < -0.39 is 18.4 Å². The van der Waals surface area contributed by atoms with Crippen LogP contribution in [0, 0.1) is 0 Å². The first-order valence-electron chi connectivity index (χ1n) is 11.5. The van der Waals surface area contributed by atoms with Gasteiger partial charge in [-0.2, -0.15) is 0 Å². The van der Waals surface area contributed by atoms with Crippen molar-refractivity contribution in [1.82, 2.24) is 24.4 Å². The molecule has 2 aliphatic carbocycles. The molecule has 0 atom stereocenters. The van der Waals surface area contributed by atoms with Gasteiger partial charge in [-0.15, -0.1) is 0 Å². The lowest BCUT2D eigenvalue weighted by molar-refractivity contribution is -0.135. The number of fused-ring (bicyclic) bond motifs is 2. The van der Waals surface area contributed by atoms with Crippen LogP contribution in [-0.4, -0.2) is 42.6 Å². The summed E-state index contributed by atoms with van der Waals surface area (Å²) in [7, 11) is 0. The topological polar surface area (TPSA) is 102 Å². The molecule has 2 heterocycles. The third kappa shape index (κ3) is 3.68. The van der Waals surface area contributed by atoms with Gasteiger partial charge < -0.3 is 19.6 Å². The van der Waals surface area contributed by atoms with E-state index in [9.17, 15) is 9.59 Å². The standard InChI is InChI=1S/C23H29N5O3/c29-19(30)12-24-23(31)20-21-17(27(13-25-21)15-7-3-1-4-8-15)11-18-22(20)26-14-28(18)16-9-5-2-6-10-16/h11,13-16H,1-10,12H2,(H,24,31)(H,29,30). The molecule has 164 valence electrons. The number of hydrogen-bond acceptors (Lipinski definition) is 4. The summed E-state index contributed by atoms with van der Waals surface area (Å²) in [5.41, 5.74) is 3.48. The van der Waals surface area contributed by atoms with E-state index in [0.717, 1.165) is 36.7 Å². The lowest BCUT2D eigenvalue weighted by Crippen LogP contribution is -2.29. The maximum absolute atomic E-state index is 13.1. The highest BCUT2D eigenvalue weighted by Gasteiger charge is 2.26. The average molecular weight is 424 g/mol. The van der Waals surface area contributed by atoms with Gasteiger partial charge in [0.15, 0.2) is 0 Å². The second-order valence-electron chi connectivity index (χ2n) is 8.95. The van der Waals surface area contributed by atoms with Crippen molar-refractivity contribution in [2.45, 2.75) is 76.3 Å². The smallest absolute Gasteiger partial charge is 0.322 e. The van der Waals surface area contributed by atoms with Crippen LogP contribution in [0.25, 0.3) is 22.1 Å². The van der Waals surface area contributed by atoms with E-state index in [1.807, 2.05) is 12.7 Å². The highest BCUT2D eigenvalue weighted by atomic mass is 16.4. The van der Waals surface area contributed by atoms with Crippen molar-refractivity contribution in [1.29, 1.82) is 0 Å². The molecule has 8 heteroatoms. The summed E-state index contributed by atoms with van der Waals surface area (Å²) in [5.74, 6) is -1.50. The molecule has 31 heavy (non-hydrogen) atoms. The number of carboxylic acids is 1. The normalized spacial score (nSPS) is 18.6. The molecule has 5 rings (SSSR count). The fourth-order valence-corrected chi connectivity index (χ4v) is 5.41. The zero-order valence-corrected chi connectivity index (χ0v) is 17.7.